The predicted molar refractivity (Wildman–Crippen MR) is 67.2 cm³/mol. The fraction of sp³-hybridized carbons (Fsp3) is 0.500. The number of ether oxygens (including phenoxy) is 1. The highest BCUT2D eigenvalue weighted by Crippen LogP contribution is 2.33. The zero-order valence-electron chi connectivity index (χ0n) is 10.5. The molecule has 1 amide bonds. The third kappa shape index (κ3) is 2.60. The lowest BCUT2D eigenvalue weighted by Gasteiger charge is -2.32. The normalized spacial score (nSPS) is 16.9. The number of para-hydroxylation sites is 1. The molecular formula is C14H19NO2. The number of methoxy groups -OCH3 is 1. The molecule has 2 rings (SSSR count). The van der Waals surface area contributed by atoms with Crippen LogP contribution in [0.3, 0.4) is 0 Å². The molecule has 1 aliphatic rings. The highest BCUT2D eigenvalue weighted by Gasteiger charge is 2.23. The molecule has 0 spiro atoms. The maximum absolute atomic E-state index is 11.3. The molecule has 1 aliphatic heterocycles. The minimum absolute atomic E-state index is 0.184. The molecule has 0 saturated carbocycles. The summed E-state index contributed by atoms with van der Waals surface area (Å²) in [6.07, 6.45) is 2.06. The average Bonchev–Trinajstić information content (AvgIpc) is 2.39. The SMILES string of the molecule is COc1ccccc1C1CCN(C(C)=O)CC1. The third-order valence-electron chi connectivity index (χ3n) is 3.52. The largest absolute Gasteiger partial charge is 0.496 e. The van der Waals surface area contributed by atoms with Crippen LogP contribution in [-0.2, 0) is 4.79 Å². The number of carbonyl (C=O) groups is 1. The summed E-state index contributed by atoms with van der Waals surface area (Å²) in [4.78, 5) is 13.2. The van der Waals surface area contributed by atoms with Gasteiger partial charge in [-0.3, -0.25) is 4.79 Å². The molecule has 0 radical (unpaired) electrons. The maximum Gasteiger partial charge on any atom is 0.219 e. The number of nitrogens with zero attached hydrogens (tertiary/aromatic N) is 1. The van der Waals surface area contributed by atoms with Gasteiger partial charge in [0.15, 0.2) is 0 Å². The van der Waals surface area contributed by atoms with Crippen molar-refractivity contribution in [3.8, 4) is 5.75 Å². The molecule has 1 heterocycles. The second kappa shape index (κ2) is 5.21. The lowest BCUT2D eigenvalue weighted by atomic mass is 9.89. The van der Waals surface area contributed by atoms with Crippen LogP contribution in [0.25, 0.3) is 0 Å². The van der Waals surface area contributed by atoms with Crippen molar-refractivity contribution in [2.45, 2.75) is 25.7 Å². The number of amides is 1. The van der Waals surface area contributed by atoms with E-state index in [-0.39, 0.29) is 5.91 Å². The van der Waals surface area contributed by atoms with E-state index in [0.717, 1.165) is 31.7 Å². The molecule has 1 aromatic carbocycles. The van der Waals surface area contributed by atoms with E-state index in [1.54, 1.807) is 14.0 Å². The van der Waals surface area contributed by atoms with E-state index in [1.165, 1.54) is 5.56 Å². The van der Waals surface area contributed by atoms with Crippen molar-refractivity contribution in [3.05, 3.63) is 29.8 Å². The van der Waals surface area contributed by atoms with Crippen molar-refractivity contribution in [2.24, 2.45) is 0 Å². The molecule has 1 aromatic rings. The fourth-order valence-electron chi connectivity index (χ4n) is 2.51. The van der Waals surface area contributed by atoms with Crippen molar-refractivity contribution in [1.29, 1.82) is 0 Å². The van der Waals surface area contributed by atoms with Crippen molar-refractivity contribution in [3.63, 3.8) is 0 Å². The zero-order valence-corrected chi connectivity index (χ0v) is 10.5. The molecule has 0 aliphatic carbocycles. The molecule has 0 atom stereocenters. The molecule has 0 N–H and O–H groups in total. The maximum atomic E-state index is 11.3. The van der Waals surface area contributed by atoms with Gasteiger partial charge in [0.05, 0.1) is 7.11 Å². The van der Waals surface area contributed by atoms with Crippen LogP contribution in [0.15, 0.2) is 24.3 Å². The van der Waals surface area contributed by atoms with Crippen LogP contribution in [0.4, 0.5) is 0 Å². The van der Waals surface area contributed by atoms with Crippen molar-refractivity contribution < 1.29 is 9.53 Å². The monoisotopic (exact) mass is 233 g/mol. The molecular weight excluding hydrogens is 214 g/mol. The molecule has 1 saturated heterocycles. The van der Waals surface area contributed by atoms with Crippen LogP contribution in [0.1, 0.15) is 31.2 Å². The second-order valence-electron chi connectivity index (χ2n) is 4.52. The fourth-order valence-corrected chi connectivity index (χ4v) is 2.51. The minimum Gasteiger partial charge on any atom is -0.496 e. The number of likely N-dealkylation sites (tertiary alicyclic amines) is 1. The third-order valence-corrected chi connectivity index (χ3v) is 3.52. The standard InChI is InChI=1S/C14H19NO2/c1-11(16)15-9-7-12(8-10-15)13-5-3-4-6-14(13)17-2/h3-6,12H,7-10H2,1-2H3. The van der Waals surface area contributed by atoms with Gasteiger partial charge in [-0.2, -0.15) is 0 Å². The Morgan fingerprint density at radius 1 is 1.29 bits per heavy atom. The van der Waals surface area contributed by atoms with E-state index >= 15 is 0 Å². The van der Waals surface area contributed by atoms with Crippen LogP contribution in [-0.4, -0.2) is 31.0 Å². The van der Waals surface area contributed by atoms with E-state index in [4.69, 9.17) is 4.74 Å². The summed E-state index contributed by atoms with van der Waals surface area (Å²) >= 11 is 0. The predicted octanol–water partition coefficient (Wildman–Crippen LogP) is 2.42. The van der Waals surface area contributed by atoms with Gasteiger partial charge in [-0.25, -0.2) is 0 Å². The van der Waals surface area contributed by atoms with Gasteiger partial charge in [-0.05, 0) is 30.4 Å². The number of benzene rings is 1. The Labute approximate surface area is 102 Å². The van der Waals surface area contributed by atoms with Crippen LogP contribution >= 0.6 is 0 Å². The quantitative estimate of drug-likeness (QED) is 0.785. The Kier molecular flexibility index (Phi) is 3.67. The van der Waals surface area contributed by atoms with Crippen LogP contribution in [0.5, 0.6) is 5.75 Å². The number of hydrogen-bond acceptors (Lipinski definition) is 2. The van der Waals surface area contributed by atoms with Gasteiger partial charge in [0.1, 0.15) is 5.75 Å². The van der Waals surface area contributed by atoms with Crippen LogP contribution < -0.4 is 4.74 Å². The molecule has 17 heavy (non-hydrogen) atoms. The summed E-state index contributed by atoms with van der Waals surface area (Å²) in [5, 5.41) is 0. The molecule has 3 heteroatoms. The molecule has 3 nitrogen and oxygen atoms in total. The Morgan fingerprint density at radius 3 is 2.53 bits per heavy atom. The summed E-state index contributed by atoms with van der Waals surface area (Å²) in [6, 6.07) is 8.18. The van der Waals surface area contributed by atoms with Crippen LogP contribution in [0.2, 0.25) is 0 Å². The van der Waals surface area contributed by atoms with E-state index in [2.05, 4.69) is 12.1 Å². The molecule has 0 unspecified atom stereocenters. The lowest BCUT2D eigenvalue weighted by molar-refractivity contribution is -0.129. The molecule has 1 fully saturated rings. The highest BCUT2D eigenvalue weighted by molar-refractivity contribution is 5.73. The number of rotatable bonds is 2. The van der Waals surface area contributed by atoms with Gasteiger partial charge < -0.3 is 9.64 Å². The van der Waals surface area contributed by atoms with Gasteiger partial charge in [0, 0.05) is 20.0 Å². The summed E-state index contributed by atoms with van der Waals surface area (Å²) < 4.78 is 5.39. The van der Waals surface area contributed by atoms with Gasteiger partial charge in [-0.15, -0.1) is 0 Å². The van der Waals surface area contributed by atoms with Crippen molar-refractivity contribution >= 4 is 5.91 Å². The lowest BCUT2D eigenvalue weighted by Crippen LogP contribution is -2.36. The van der Waals surface area contributed by atoms with Gasteiger partial charge in [0.25, 0.3) is 0 Å². The first kappa shape index (κ1) is 12.0. The summed E-state index contributed by atoms with van der Waals surface area (Å²) in [5.74, 6) is 1.67. The van der Waals surface area contributed by atoms with E-state index < -0.39 is 0 Å². The van der Waals surface area contributed by atoms with Gasteiger partial charge in [-0.1, -0.05) is 18.2 Å². The number of hydrogen-bond donors (Lipinski definition) is 0. The topological polar surface area (TPSA) is 29.5 Å². The number of carbonyl (C=O) groups excluding carboxylic acids is 1. The number of piperidine rings is 1. The first-order valence-electron chi connectivity index (χ1n) is 6.11. The average molecular weight is 233 g/mol. The molecule has 0 aromatic heterocycles. The van der Waals surface area contributed by atoms with E-state index in [0.29, 0.717) is 5.92 Å². The summed E-state index contributed by atoms with van der Waals surface area (Å²) in [5.41, 5.74) is 1.28. The van der Waals surface area contributed by atoms with E-state index in [1.807, 2.05) is 17.0 Å². The van der Waals surface area contributed by atoms with Gasteiger partial charge in [0.2, 0.25) is 5.91 Å². The van der Waals surface area contributed by atoms with Crippen LogP contribution in [0, 0.1) is 0 Å². The minimum atomic E-state index is 0.184. The highest BCUT2D eigenvalue weighted by atomic mass is 16.5. The van der Waals surface area contributed by atoms with Crippen molar-refractivity contribution in [2.75, 3.05) is 20.2 Å². The van der Waals surface area contributed by atoms with Crippen molar-refractivity contribution in [1.82, 2.24) is 4.90 Å². The Morgan fingerprint density at radius 2 is 1.94 bits per heavy atom. The molecule has 92 valence electrons. The Bertz CT molecular complexity index is 395. The van der Waals surface area contributed by atoms with Gasteiger partial charge >= 0.3 is 0 Å². The summed E-state index contributed by atoms with van der Waals surface area (Å²) in [7, 11) is 1.71. The second-order valence-corrected chi connectivity index (χ2v) is 4.52. The molecule has 0 bridgehead atoms. The smallest absolute Gasteiger partial charge is 0.219 e. The first-order valence-corrected chi connectivity index (χ1v) is 6.11. The van der Waals surface area contributed by atoms with E-state index in [9.17, 15) is 4.79 Å². The zero-order chi connectivity index (χ0) is 12.3. The Balaban J connectivity index is 2.07. The summed E-state index contributed by atoms with van der Waals surface area (Å²) in [6.45, 7) is 3.36. The Hall–Kier alpha value is -1.51. The first-order chi connectivity index (χ1) is 8.22.